The number of nitrogens with zero attached hydrogens (tertiary/aromatic N) is 1. The van der Waals surface area contributed by atoms with Gasteiger partial charge in [0.1, 0.15) is 5.82 Å². The van der Waals surface area contributed by atoms with Crippen LogP contribution in [-0.2, 0) is 13.1 Å². The third-order valence-electron chi connectivity index (χ3n) is 3.59. The molecule has 0 bridgehead atoms. The Bertz CT molecular complexity index is 613. The second-order valence-corrected chi connectivity index (χ2v) is 7.69. The molecule has 2 nitrogen and oxygen atoms in total. The average Bonchev–Trinajstić information content (AvgIpc) is 2.75. The first-order valence-corrected chi connectivity index (χ1v) is 8.26. The van der Waals surface area contributed by atoms with E-state index < -0.39 is 0 Å². The summed E-state index contributed by atoms with van der Waals surface area (Å²) in [6, 6.07) is 5.37. The number of halogens is 1. The lowest BCUT2D eigenvalue weighted by atomic mass is 10.1. The molecule has 0 unspecified atom stereocenters. The average molecular weight is 308 g/mol. The predicted octanol–water partition coefficient (Wildman–Crippen LogP) is 4.38. The number of nitrogens with one attached hydrogen (secondary N) is 1. The zero-order chi connectivity index (χ0) is 15.6. The molecule has 2 aromatic rings. The van der Waals surface area contributed by atoms with Crippen LogP contribution in [0.2, 0.25) is 0 Å². The standard InChI is InChI=1S/C17H25FN2S/c1-6-20(5)11-12-15(10-19-17(2,3)4)21-14-9-7-8-13(18)16(12)14/h7-9,19H,6,10-11H2,1-5H3. The molecule has 1 heterocycles. The van der Waals surface area contributed by atoms with Gasteiger partial charge in [-0.25, -0.2) is 4.39 Å². The number of hydrogen-bond acceptors (Lipinski definition) is 3. The van der Waals surface area contributed by atoms with Gasteiger partial charge in [-0.3, -0.25) is 0 Å². The fraction of sp³-hybridized carbons (Fsp3) is 0.529. The monoisotopic (exact) mass is 308 g/mol. The van der Waals surface area contributed by atoms with E-state index in [1.54, 1.807) is 23.5 Å². The minimum Gasteiger partial charge on any atom is -0.307 e. The summed E-state index contributed by atoms with van der Waals surface area (Å²) in [5.74, 6) is -0.106. The normalized spacial score (nSPS) is 12.5. The summed E-state index contributed by atoms with van der Waals surface area (Å²) in [4.78, 5) is 3.46. The Balaban J connectivity index is 2.42. The smallest absolute Gasteiger partial charge is 0.132 e. The maximum atomic E-state index is 14.3. The van der Waals surface area contributed by atoms with Crippen LogP contribution in [0.5, 0.6) is 0 Å². The summed E-state index contributed by atoms with van der Waals surface area (Å²) in [5, 5.41) is 4.32. The van der Waals surface area contributed by atoms with Gasteiger partial charge in [-0.15, -0.1) is 11.3 Å². The van der Waals surface area contributed by atoms with Crippen molar-refractivity contribution >= 4 is 21.4 Å². The van der Waals surface area contributed by atoms with Crippen molar-refractivity contribution < 1.29 is 4.39 Å². The zero-order valence-corrected chi connectivity index (χ0v) is 14.4. The molecule has 0 amide bonds. The molecule has 0 radical (unpaired) electrons. The van der Waals surface area contributed by atoms with Crippen LogP contribution in [0.15, 0.2) is 18.2 Å². The molecule has 2 rings (SSSR count). The van der Waals surface area contributed by atoms with Crippen LogP contribution < -0.4 is 5.32 Å². The van der Waals surface area contributed by atoms with Crippen LogP contribution in [0.1, 0.15) is 38.1 Å². The molecule has 0 fully saturated rings. The van der Waals surface area contributed by atoms with Crippen LogP contribution >= 0.6 is 11.3 Å². The van der Waals surface area contributed by atoms with Crippen molar-refractivity contribution in [3.63, 3.8) is 0 Å². The fourth-order valence-electron chi connectivity index (χ4n) is 2.25. The van der Waals surface area contributed by atoms with Crippen LogP contribution in [0.25, 0.3) is 10.1 Å². The quantitative estimate of drug-likeness (QED) is 0.882. The van der Waals surface area contributed by atoms with E-state index in [9.17, 15) is 4.39 Å². The highest BCUT2D eigenvalue weighted by Crippen LogP contribution is 2.34. The van der Waals surface area contributed by atoms with E-state index in [0.29, 0.717) is 0 Å². The second-order valence-electron chi connectivity index (χ2n) is 6.55. The van der Waals surface area contributed by atoms with E-state index in [1.807, 2.05) is 6.07 Å². The van der Waals surface area contributed by atoms with Crippen LogP contribution in [0, 0.1) is 5.82 Å². The Hall–Kier alpha value is -0.970. The van der Waals surface area contributed by atoms with Crippen molar-refractivity contribution in [2.45, 2.75) is 46.3 Å². The Morgan fingerprint density at radius 3 is 2.62 bits per heavy atom. The molecule has 116 valence electrons. The Kier molecular flexibility index (Phi) is 5.02. The number of rotatable bonds is 5. The molecule has 0 spiro atoms. The molecule has 0 aliphatic heterocycles. The third-order valence-corrected chi connectivity index (χ3v) is 4.79. The van der Waals surface area contributed by atoms with Gasteiger partial charge >= 0.3 is 0 Å². The van der Waals surface area contributed by atoms with Crippen molar-refractivity contribution in [1.29, 1.82) is 0 Å². The highest BCUT2D eigenvalue weighted by molar-refractivity contribution is 7.19. The van der Waals surface area contributed by atoms with E-state index in [0.717, 1.165) is 35.3 Å². The number of benzene rings is 1. The van der Waals surface area contributed by atoms with Gasteiger partial charge < -0.3 is 10.2 Å². The molecule has 4 heteroatoms. The van der Waals surface area contributed by atoms with Gasteiger partial charge in [-0.05, 0) is 52.1 Å². The van der Waals surface area contributed by atoms with Gasteiger partial charge in [0.25, 0.3) is 0 Å². The molecule has 0 aliphatic carbocycles. The Labute approximate surface area is 131 Å². The minimum atomic E-state index is -0.106. The van der Waals surface area contributed by atoms with Gasteiger partial charge in [0.05, 0.1) is 0 Å². The van der Waals surface area contributed by atoms with Gasteiger partial charge in [0.15, 0.2) is 0 Å². The summed E-state index contributed by atoms with van der Waals surface area (Å²) in [7, 11) is 2.07. The second kappa shape index (κ2) is 6.42. The topological polar surface area (TPSA) is 15.3 Å². The van der Waals surface area contributed by atoms with E-state index >= 15 is 0 Å². The van der Waals surface area contributed by atoms with Crippen molar-refractivity contribution in [3.05, 3.63) is 34.5 Å². The van der Waals surface area contributed by atoms with Gasteiger partial charge in [-0.2, -0.15) is 0 Å². The van der Waals surface area contributed by atoms with E-state index in [-0.39, 0.29) is 11.4 Å². The molecule has 1 aromatic carbocycles. The van der Waals surface area contributed by atoms with Crippen molar-refractivity contribution in [1.82, 2.24) is 10.2 Å². The molecule has 1 aromatic heterocycles. The lowest BCUT2D eigenvalue weighted by Crippen LogP contribution is -2.35. The zero-order valence-electron chi connectivity index (χ0n) is 13.6. The minimum absolute atomic E-state index is 0.0582. The highest BCUT2D eigenvalue weighted by atomic mass is 32.1. The molecule has 0 atom stereocenters. The number of hydrogen-bond donors (Lipinski definition) is 1. The SMILES string of the molecule is CCN(C)Cc1c(CNC(C)(C)C)sc2cccc(F)c12. The summed E-state index contributed by atoms with van der Waals surface area (Å²) in [5.41, 5.74) is 1.19. The van der Waals surface area contributed by atoms with E-state index in [2.05, 4.69) is 45.0 Å². The Morgan fingerprint density at radius 2 is 2.00 bits per heavy atom. The van der Waals surface area contributed by atoms with Crippen molar-refractivity contribution in [2.75, 3.05) is 13.6 Å². The summed E-state index contributed by atoms with van der Waals surface area (Å²) >= 11 is 1.70. The molecule has 0 aliphatic rings. The predicted molar refractivity (Wildman–Crippen MR) is 90.4 cm³/mol. The lowest BCUT2D eigenvalue weighted by molar-refractivity contribution is 0.345. The van der Waals surface area contributed by atoms with Crippen LogP contribution in [0.3, 0.4) is 0 Å². The maximum absolute atomic E-state index is 14.3. The number of thiophene rings is 1. The third kappa shape index (κ3) is 4.02. The molecular weight excluding hydrogens is 283 g/mol. The highest BCUT2D eigenvalue weighted by Gasteiger charge is 2.18. The first-order valence-electron chi connectivity index (χ1n) is 7.44. The number of fused-ring (bicyclic) bond motifs is 1. The largest absolute Gasteiger partial charge is 0.307 e. The van der Waals surface area contributed by atoms with Crippen molar-refractivity contribution in [3.8, 4) is 0 Å². The van der Waals surface area contributed by atoms with Gasteiger partial charge in [0.2, 0.25) is 0 Å². The summed E-state index contributed by atoms with van der Waals surface area (Å²) in [6.07, 6.45) is 0. The van der Waals surface area contributed by atoms with Gasteiger partial charge in [-0.1, -0.05) is 13.0 Å². The molecule has 0 saturated heterocycles. The van der Waals surface area contributed by atoms with Crippen molar-refractivity contribution in [2.24, 2.45) is 0 Å². The molecule has 1 N–H and O–H groups in total. The first-order chi connectivity index (χ1) is 9.81. The van der Waals surface area contributed by atoms with Crippen LogP contribution in [-0.4, -0.2) is 24.0 Å². The molecular formula is C17H25FN2S. The van der Waals surface area contributed by atoms with Crippen LogP contribution in [0.4, 0.5) is 4.39 Å². The fourth-order valence-corrected chi connectivity index (χ4v) is 3.42. The van der Waals surface area contributed by atoms with E-state index in [4.69, 9.17) is 0 Å². The lowest BCUT2D eigenvalue weighted by Gasteiger charge is -2.21. The molecule has 0 saturated carbocycles. The summed E-state index contributed by atoms with van der Waals surface area (Å²) in [6.45, 7) is 11.1. The van der Waals surface area contributed by atoms with E-state index in [1.165, 1.54) is 4.88 Å². The molecule has 21 heavy (non-hydrogen) atoms. The Morgan fingerprint density at radius 1 is 1.29 bits per heavy atom. The summed E-state index contributed by atoms with van der Waals surface area (Å²) < 4.78 is 15.3. The first kappa shape index (κ1) is 16.4. The van der Waals surface area contributed by atoms with Gasteiger partial charge in [0, 0.05) is 33.6 Å². The maximum Gasteiger partial charge on any atom is 0.132 e.